The van der Waals surface area contributed by atoms with Gasteiger partial charge in [-0.25, -0.2) is 14.6 Å². The van der Waals surface area contributed by atoms with Gasteiger partial charge < -0.3 is 19.8 Å². The van der Waals surface area contributed by atoms with E-state index in [0.29, 0.717) is 36.7 Å². The second-order valence-corrected chi connectivity index (χ2v) is 5.44. The van der Waals surface area contributed by atoms with Crippen LogP contribution in [-0.4, -0.2) is 53.4 Å². The highest BCUT2D eigenvalue weighted by Gasteiger charge is 2.22. The largest absolute Gasteiger partial charge is 0.478 e. The van der Waals surface area contributed by atoms with Crippen LogP contribution in [0.25, 0.3) is 10.2 Å². The average molecular weight is 308 g/mol. The van der Waals surface area contributed by atoms with Crippen LogP contribution in [0.5, 0.6) is 0 Å². The van der Waals surface area contributed by atoms with E-state index in [2.05, 4.69) is 4.98 Å². The Kier molecular flexibility index (Phi) is 3.48. The zero-order valence-electron chi connectivity index (χ0n) is 10.9. The van der Waals surface area contributed by atoms with Crippen molar-refractivity contribution >= 4 is 39.2 Å². The number of aromatic nitrogens is 1. The molecule has 0 saturated carbocycles. The van der Waals surface area contributed by atoms with E-state index in [0.717, 1.165) is 0 Å². The number of pyridine rings is 1. The van der Waals surface area contributed by atoms with Crippen molar-refractivity contribution in [3.8, 4) is 0 Å². The first kappa shape index (κ1) is 13.8. The van der Waals surface area contributed by atoms with E-state index < -0.39 is 11.9 Å². The summed E-state index contributed by atoms with van der Waals surface area (Å²) in [4.78, 5) is 28.4. The van der Waals surface area contributed by atoms with E-state index in [1.807, 2.05) is 4.90 Å². The van der Waals surface area contributed by atoms with Gasteiger partial charge in [0.2, 0.25) is 0 Å². The summed E-state index contributed by atoms with van der Waals surface area (Å²) >= 11 is 1.26. The van der Waals surface area contributed by atoms with Gasteiger partial charge in [-0.05, 0) is 6.07 Å². The molecule has 2 aromatic rings. The van der Waals surface area contributed by atoms with Crippen LogP contribution in [0.1, 0.15) is 20.8 Å². The standard InChI is InChI=1S/C13H12N2O5S/c16-12(17)7-6-21-11-9(15-1-3-20-4-2-15)5-8(13(18)19)14-10(7)11/h5-6H,1-4H2,(H,16,17)(H,18,19). The maximum atomic E-state index is 11.2. The number of thiophene rings is 1. The number of fused-ring (bicyclic) bond motifs is 1. The molecule has 3 heterocycles. The van der Waals surface area contributed by atoms with Gasteiger partial charge in [0.15, 0.2) is 5.69 Å². The zero-order valence-corrected chi connectivity index (χ0v) is 11.7. The minimum Gasteiger partial charge on any atom is -0.478 e. The first-order valence-corrected chi connectivity index (χ1v) is 7.17. The Morgan fingerprint density at radius 2 is 1.95 bits per heavy atom. The quantitative estimate of drug-likeness (QED) is 0.886. The number of carboxylic acid groups (broad SMARTS) is 2. The number of ether oxygens (including phenoxy) is 1. The molecule has 110 valence electrons. The molecule has 8 heteroatoms. The van der Waals surface area contributed by atoms with Crippen LogP contribution in [0.2, 0.25) is 0 Å². The predicted octanol–water partition coefficient (Wildman–Crippen LogP) is 1.53. The fourth-order valence-corrected chi connectivity index (χ4v) is 3.32. The van der Waals surface area contributed by atoms with Gasteiger partial charge in [-0.2, -0.15) is 0 Å². The molecule has 7 nitrogen and oxygen atoms in total. The number of nitrogens with zero attached hydrogens (tertiary/aromatic N) is 2. The van der Waals surface area contributed by atoms with Gasteiger partial charge in [-0.15, -0.1) is 11.3 Å². The van der Waals surface area contributed by atoms with Crippen LogP contribution in [0, 0.1) is 0 Å². The fourth-order valence-electron chi connectivity index (χ4n) is 2.29. The minimum absolute atomic E-state index is 0.0348. The Bertz CT molecular complexity index is 721. The van der Waals surface area contributed by atoms with Crippen molar-refractivity contribution < 1.29 is 24.5 Å². The van der Waals surface area contributed by atoms with Crippen molar-refractivity contribution in [2.75, 3.05) is 31.2 Å². The van der Waals surface area contributed by atoms with Crippen molar-refractivity contribution in [2.24, 2.45) is 0 Å². The molecular formula is C13H12N2O5S. The lowest BCUT2D eigenvalue weighted by atomic mass is 10.2. The Morgan fingerprint density at radius 1 is 1.24 bits per heavy atom. The Balaban J connectivity index is 2.21. The highest BCUT2D eigenvalue weighted by Crippen LogP contribution is 2.34. The Hall–Kier alpha value is -2.19. The molecular weight excluding hydrogens is 296 g/mol. The summed E-state index contributed by atoms with van der Waals surface area (Å²) in [6.45, 7) is 2.39. The number of carboxylic acids is 2. The van der Waals surface area contributed by atoms with Gasteiger partial charge in [0.05, 0.1) is 34.7 Å². The van der Waals surface area contributed by atoms with Crippen molar-refractivity contribution in [1.29, 1.82) is 0 Å². The summed E-state index contributed by atoms with van der Waals surface area (Å²) in [7, 11) is 0. The normalized spacial score (nSPS) is 15.3. The van der Waals surface area contributed by atoms with Crippen LogP contribution < -0.4 is 4.90 Å². The molecule has 0 atom stereocenters. The first-order valence-electron chi connectivity index (χ1n) is 6.29. The minimum atomic E-state index is -1.17. The number of hydrogen-bond donors (Lipinski definition) is 2. The maximum Gasteiger partial charge on any atom is 0.354 e. The molecule has 0 radical (unpaired) electrons. The highest BCUT2D eigenvalue weighted by molar-refractivity contribution is 7.18. The van der Waals surface area contributed by atoms with Gasteiger partial charge in [0, 0.05) is 18.5 Å². The number of hydrogen-bond acceptors (Lipinski definition) is 6. The molecule has 1 fully saturated rings. The van der Waals surface area contributed by atoms with Gasteiger partial charge in [0.1, 0.15) is 0 Å². The Morgan fingerprint density at radius 3 is 2.57 bits per heavy atom. The number of carbonyl (C=O) groups is 2. The first-order chi connectivity index (χ1) is 10.1. The number of aromatic carboxylic acids is 2. The van der Waals surface area contributed by atoms with Crippen LogP contribution in [0.15, 0.2) is 11.4 Å². The summed E-state index contributed by atoms with van der Waals surface area (Å²) in [6, 6.07) is 1.50. The smallest absolute Gasteiger partial charge is 0.354 e. The van der Waals surface area contributed by atoms with E-state index in [9.17, 15) is 19.8 Å². The molecule has 0 amide bonds. The maximum absolute atomic E-state index is 11.2. The van der Waals surface area contributed by atoms with E-state index in [1.54, 1.807) is 0 Å². The van der Waals surface area contributed by atoms with Gasteiger partial charge in [0.25, 0.3) is 0 Å². The number of morpholine rings is 1. The zero-order chi connectivity index (χ0) is 15.0. The monoisotopic (exact) mass is 308 g/mol. The van der Waals surface area contributed by atoms with E-state index in [1.165, 1.54) is 22.8 Å². The predicted molar refractivity (Wildman–Crippen MR) is 76.6 cm³/mol. The number of anilines is 1. The van der Waals surface area contributed by atoms with Crippen molar-refractivity contribution in [2.45, 2.75) is 0 Å². The van der Waals surface area contributed by atoms with Crippen LogP contribution in [0.3, 0.4) is 0 Å². The number of rotatable bonds is 3. The molecule has 0 bridgehead atoms. The van der Waals surface area contributed by atoms with E-state index in [4.69, 9.17) is 4.74 Å². The summed E-state index contributed by atoms with van der Waals surface area (Å²) in [5, 5.41) is 19.9. The van der Waals surface area contributed by atoms with E-state index >= 15 is 0 Å². The molecule has 1 aliphatic rings. The highest BCUT2D eigenvalue weighted by atomic mass is 32.1. The molecule has 0 aliphatic carbocycles. The van der Waals surface area contributed by atoms with Gasteiger partial charge in [-0.1, -0.05) is 0 Å². The second kappa shape index (κ2) is 5.30. The second-order valence-electron chi connectivity index (χ2n) is 4.56. The van der Waals surface area contributed by atoms with Crippen LogP contribution in [-0.2, 0) is 4.74 Å². The fraction of sp³-hybridized carbons (Fsp3) is 0.308. The van der Waals surface area contributed by atoms with Gasteiger partial charge in [-0.3, -0.25) is 0 Å². The summed E-state index contributed by atoms with van der Waals surface area (Å²) in [6.07, 6.45) is 0. The molecule has 1 saturated heterocycles. The summed E-state index contributed by atoms with van der Waals surface area (Å²) in [5.41, 5.74) is 0.824. The molecule has 2 aromatic heterocycles. The van der Waals surface area contributed by atoms with Crippen molar-refractivity contribution in [1.82, 2.24) is 4.98 Å². The third-order valence-corrected chi connectivity index (χ3v) is 4.30. The topological polar surface area (TPSA) is 100.0 Å². The molecule has 21 heavy (non-hydrogen) atoms. The lowest BCUT2D eigenvalue weighted by Gasteiger charge is -2.29. The van der Waals surface area contributed by atoms with Gasteiger partial charge >= 0.3 is 11.9 Å². The summed E-state index contributed by atoms with van der Waals surface area (Å²) in [5.74, 6) is -2.28. The molecule has 0 spiro atoms. The molecule has 0 aromatic carbocycles. The molecule has 1 aliphatic heterocycles. The Labute approximate surface area is 123 Å². The van der Waals surface area contributed by atoms with Crippen LogP contribution >= 0.6 is 11.3 Å². The van der Waals surface area contributed by atoms with Crippen molar-refractivity contribution in [3.63, 3.8) is 0 Å². The lowest BCUT2D eigenvalue weighted by molar-refractivity contribution is 0.0680. The van der Waals surface area contributed by atoms with Crippen LogP contribution in [0.4, 0.5) is 5.69 Å². The summed E-state index contributed by atoms with van der Waals surface area (Å²) < 4.78 is 5.98. The molecule has 2 N–H and O–H groups in total. The SMILES string of the molecule is O=C(O)c1cc(N2CCOCC2)c2scc(C(=O)O)c2n1. The van der Waals surface area contributed by atoms with E-state index in [-0.39, 0.29) is 16.8 Å². The molecule has 3 rings (SSSR count). The molecule has 0 unspecified atom stereocenters. The van der Waals surface area contributed by atoms with Crippen molar-refractivity contribution in [3.05, 3.63) is 22.7 Å². The lowest BCUT2D eigenvalue weighted by Crippen LogP contribution is -2.36. The average Bonchev–Trinajstić information content (AvgIpc) is 2.91. The third-order valence-electron chi connectivity index (χ3n) is 3.30. The third kappa shape index (κ3) is 2.43.